The Hall–Kier alpha value is -0.300. The van der Waals surface area contributed by atoms with Gasteiger partial charge >= 0.3 is 0 Å². The average Bonchev–Trinajstić information content (AvgIpc) is 1.66. The summed E-state index contributed by atoms with van der Waals surface area (Å²) in [5.74, 6) is 0. The van der Waals surface area contributed by atoms with Crippen molar-refractivity contribution >= 4 is 0 Å². The zero-order valence-electron chi connectivity index (χ0n) is 5.72. The molecule has 1 heteroatoms. The minimum absolute atomic E-state index is 0.224. The monoisotopic (exact) mass is 113 g/mol. The Kier molecular flexibility index (Phi) is 4.67. The van der Waals surface area contributed by atoms with E-state index in [2.05, 4.69) is 13.0 Å². The number of allylic oxidation sites excluding steroid dienone is 1. The van der Waals surface area contributed by atoms with Crippen molar-refractivity contribution in [3.05, 3.63) is 12.2 Å². The molecule has 8 heavy (non-hydrogen) atoms. The van der Waals surface area contributed by atoms with Crippen molar-refractivity contribution in [2.45, 2.75) is 32.7 Å². The van der Waals surface area contributed by atoms with Crippen LogP contribution in [0.5, 0.6) is 0 Å². The van der Waals surface area contributed by atoms with E-state index in [1.54, 1.807) is 0 Å². The molecule has 0 bridgehead atoms. The van der Waals surface area contributed by atoms with E-state index in [0.29, 0.717) is 0 Å². The van der Waals surface area contributed by atoms with Gasteiger partial charge in [-0.3, -0.25) is 0 Å². The van der Waals surface area contributed by atoms with Gasteiger partial charge in [0.2, 0.25) is 0 Å². The fourth-order valence-electron chi connectivity index (χ4n) is 0.478. The van der Waals surface area contributed by atoms with Gasteiger partial charge in [0, 0.05) is 6.04 Å². The van der Waals surface area contributed by atoms with E-state index in [4.69, 9.17) is 5.73 Å². The molecule has 0 aromatic heterocycles. The van der Waals surface area contributed by atoms with E-state index in [-0.39, 0.29) is 6.04 Å². The molecule has 1 nitrogen and oxygen atoms in total. The Bertz CT molecular complexity index is 64.8. The Morgan fingerprint density at radius 1 is 1.62 bits per heavy atom. The van der Waals surface area contributed by atoms with Gasteiger partial charge in [-0.1, -0.05) is 25.5 Å². The third kappa shape index (κ3) is 5.70. The molecule has 0 saturated carbocycles. The summed E-state index contributed by atoms with van der Waals surface area (Å²) >= 11 is 0. The smallest absolute Gasteiger partial charge is 0.0194 e. The first-order valence-corrected chi connectivity index (χ1v) is 3.19. The molecular formula is C7H15N. The molecule has 0 amide bonds. The predicted octanol–water partition coefficient (Wildman–Crippen LogP) is 1.69. The Balaban J connectivity index is 3.07. The second-order valence-electron chi connectivity index (χ2n) is 2.08. The number of hydrogen-bond donors (Lipinski definition) is 1. The fraction of sp³-hybridized carbons (Fsp3) is 0.714. The maximum Gasteiger partial charge on any atom is 0.0194 e. The molecule has 1 unspecified atom stereocenters. The summed E-state index contributed by atoms with van der Waals surface area (Å²) in [5.41, 5.74) is 5.45. The molecule has 0 aromatic rings. The molecule has 48 valence electrons. The van der Waals surface area contributed by atoms with Crippen molar-refractivity contribution in [2.24, 2.45) is 5.73 Å². The summed E-state index contributed by atoms with van der Waals surface area (Å²) in [6.45, 7) is 4.14. The molecule has 1 atom stereocenters. The lowest BCUT2D eigenvalue weighted by molar-refractivity contribution is 0.897. The van der Waals surface area contributed by atoms with Crippen LogP contribution in [0.25, 0.3) is 0 Å². The van der Waals surface area contributed by atoms with Crippen molar-refractivity contribution < 1.29 is 0 Å². The van der Waals surface area contributed by atoms with Gasteiger partial charge < -0.3 is 5.73 Å². The van der Waals surface area contributed by atoms with E-state index in [1.165, 1.54) is 6.42 Å². The quantitative estimate of drug-likeness (QED) is 0.554. The molecule has 0 radical (unpaired) electrons. The number of rotatable bonds is 3. The lowest BCUT2D eigenvalue weighted by Crippen LogP contribution is -2.09. The first kappa shape index (κ1) is 7.70. The van der Waals surface area contributed by atoms with Gasteiger partial charge in [-0.15, -0.1) is 0 Å². The minimum atomic E-state index is 0.224. The van der Waals surface area contributed by atoms with E-state index in [1.807, 2.05) is 13.0 Å². The van der Waals surface area contributed by atoms with E-state index in [0.717, 1.165) is 6.42 Å². The summed E-state index contributed by atoms with van der Waals surface area (Å²) in [6.07, 6.45) is 6.53. The maximum absolute atomic E-state index is 5.45. The molecule has 0 rings (SSSR count). The SMILES string of the molecule is CCCC=CC(C)N. The highest BCUT2D eigenvalue weighted by Crippen LogP contribution is 1.88. The normalized spacial score (nSPS) is 14.9. The molecule has 0 aliphatic rings. The minimum Gasteiger partial charge on any atom is -0.325 e. The molecular weight excluding hydrogens is 98.1 g/mol. The van der Waals surface area contributed by atoms with Crippen LogP contribution in [0.2, 0.25) is 0 Å². The van der Waals surface area contributed by atoms with Crippen molar-refractivity contribution in [3.8, 4) is 0 Å². The van der Waals surface area contributed by atoms with Crippen LogP contribution < -0.4 is 5.73 Å². The highest BCUT2D eigenvalue weighted by molar-refractivity contribution is 4.87. The third-order valence-corrected chi connectivity index (χ3v) is 0.895. The van der Waals surface area contributed by atoms with E-state index in [9.17, 15) is 0 Å². The number of unbranched alkanes of at least 4 members (excludes halogenated alkanes) is 1. The van der Waals surface area contributed by atoms with Gasteiger partial charge in [-0.2, -0.15) is 0 Å². The van der Waals surface area contributed by atoms with Crippen molar-refractivity contribution in [1.82, 2.24) is 0 Å². The molecule has 0 aromatic carbocycles. The fourth-order valence-corrected chi connectivity index (χ4v) is 0.478. The molecule has 2 N–H and O–H groups in total. The molecule has 0 saturated heterocycles. The van der Waals surface area contributed by atoms with Gasteiger partial charge in [0.25, 0.3) is 0 Å². The van der Waals surface area contributed by atoms with E-state index >= 15 is 0 Å². The molecule has 0 heterocycles. The van der Waals surface area contributed by atoms with Gasteiger partial charge in [0.1, 0.15) is 0 Å². The standard InChI is InChI=1S/C7H15N/c1-3-4-5-6-7(2)8/h5-7H,3-4,8H2,1-2H3. The lowest BCUT2D eigenvalue weighted by atomic mass is 10.2. The first-order chi connectivity index (χ1) is 3.77. The van der Waals surface area contributed by atoms with Crippen LogP contribution in [0, 0.1) is 0 Å². The Morgan fingerprint density at radius 2 is 2.25 bits per heavy atom. The number of nitrogens with two attached hydrogens (primary N) is 1. The second-order valence-corrected chi connectivity index (χ2v) is 2.08. The topological polar surface area (TPSA) is 26.0 Å². The summed E-state index contributed by atoms with van der Waals surface area (Å²) in [5, 5.41) is 0. The van der Waals surface area contributed by atoms with Crippen LogP contribution in [0.1, 0.15) is 26.7 Å². The molecule has 0 aliphatic heterocycles. The average molecular weight is 113 g/mol. The van der Waals surface area contributed by atoms with Gasteiger partial charge in [-0.25, -0.2) is 0 Å². The molecule has 0 fully saturated rings. The van der Waals surface area contributed by atoms with Crippen molar-refractivity contribution in [3.63, 3.8) is 0 Å². The zero-order valence-corrected chi connectivity index (χ0v) is 5.72. The van der Waals surface area contributed by atoms with E-state index < -0.39 is 0 Å². The van der Waals surface area contributed by atoms with Gasteiger partial charge in [-0.05, 0) is 13.3 Å². The van der Waals surface area contributed by atoms with Crippen molar-refractivity contribution in [2.75, 3.05) is 0 Å². The van der Waals surface area contributed by atoms with Gasteiger partial charge in [0.05, 0.1) is 0 Å². The number of hydrogen-bond acceptors (Lipinski definition) is 1. The van der Waals surface area contributed by atoms with Crippen LogP contribution in [0.15, 0.2) is 12.2 Å². The maximum atomic E-state index is 5.45. The summed E-state index contributed by atoms with van der Waals surface area (Å²) in [4.78, 5) is 0. The van der Waals surface area contributed by atoms with Crippen LogP contribution in [0.3, 0.4) is 0 Å². The van der Waals surface area contributed by atoms with Crippen LogP contribution in [0.4, 0.5) is 0 Å². The zero-order chi connectivity index (χ0) is 6.41. The third-order valence-electron chi connectivity index (χ3n) is 0.895. The van der Waals surface area contributed by atoms with Crippen molar-refractivity contribution in [1.29, 1.82) is 0 Å². The molecule has 0 spiro atoms. The second kappa shape index (κ2) is 4.85. The van der Waals surface area contributed by atoms with Gasteiger partial charge in [0.15, 0.2) is 0 Å². The summed E-state index contributed by atoms with van der Waals surface area (Å²) in [7, 11) is 0. The Labute approximate surface area is 51.6 Å². The van der Waals surface area contributed by atoms with Crippen LogP contribution in [-0.2, 0) is 0 Å². The molecule has 0 aliphatic carbocycles. The predicted molar refractivity (Wildman–Crippen MR) is 37.7 cm³/mol. The van der Waals surface area contributed by atoms with Crippen LogP contribution >= 0.6 is 0 Å². The highest BCUT2D eigenvalue weighted by atomic mass is 14.6. The lowest BCUT2D eigenvalue weighted by Gasteiger charge is -1.91. The summed E-state index contributed by atoms with van der Waals surface area (Å²) < 4.78 is 0. The summed E-state index contributed by atoms with van der Waals surface area (Å²) in [6, 6.07) is 0.224. The largest absolute Gasteiger partial charge is 0.325 e. The highest BCUT2D eigenvalue weighted by Gasteiger charge is 1.79. The first-order valence-electron chi connectivity index (χ1n) is 3.19. The van der Waals surface area contributed by atoms with Crippen LogP contribution in [-0.4, -0.2) is 6.04 Å². The Morgan fingerprint density at radius 3 is 2.62 bits per heavy atom.